The van der Waals surface area contributed by atoms with Gasteiger partial charge >= 0.3 is 0 Å². The van der Waals surface area contributed by atoms with Crippen molar-refractivity contribution in [1.82, 2.24) is 15.3 Å². The van der Waals surface area contributed by atoms with Crippen molar-refractivity contribution in [2.24, 2.45) is 17.8 Å². The van der Waals surface area contributed by atoms with E-state index in [4.69, 9.17) is 0 Å². The molecule has 184 valence electrons. The van der Waals surface area contributed by atoms with E-state index < -0.39 is 0 Å². The largest absolute Gasteiger partial charge is 0.362 e. The van der Waals surface area contributed by atoms with Crippen LogP contribution < -0.4 is 10.2 Å². The fraction of sp³-hybridized carbons (Fsp3) is 0.533. The molecule has 1 heterocycles. The molecule has 4 nitrogen and oxygen atoms in total. The third kappa shape index (κ3) is 8.09. The number of nitrogens with zero attached hydrogens (tertiary/aromatic N) is 3. The zero-order chi connectivity index (χ0) is 24.3. The minimum Gasteiger partial charge on any atom is -0.362 e. The molecule has 0 bridgehead atoms. The van der Waals surface area contributed by atoms with Crippen LogP contribution in [0.15, 0.2) is 54.6 Å². The van der Waals surface area contributed by atoms with Crippen LogP contribution in [0.25, 0.3) is 10.9 Å². The standard InChI is InChI=1S/C19H31N.C11H13N3/c1-3-17-9-11-19(12-10-17)15-20-14-16(2)13-18-7-5-4-6-8-18;1-8-12-10-7-5-4-6-9(10)11(13-8)14(2)3/h4-8,16-17,19-20H,3,9-15H2,1-2H3;4-7H,1-3H3. The third-order valence-corrected chi connectivity index (χ3v) is 7.01. The van der Waals surface area contributed by atoms with Crippen LogP contribution in [-0.4, -0.2) is 37.2 Å². The molecule has 2 aromatic carbocycles. The maximum atomic E-state index is 4.42. The Bertz CT molecular complexity index is 978. The van der Waals surface area contributed by atoms with Crippen molar-refractivity contribution in [2.45, 2.75) is 59.3 Å². The second kappa shape index (κ2) is 13.4. The molecule has 4 heteroatoms. The van der Waals surface area contributed by atoms with Gasteiger partial charge in [-0.25, -0.2) is 9.97 Å². The Morgan fingerprint density at radius 2 is 1.56 bits per heavy atom. The maximum absolute atomic E-state index is 4.42. The van der Waals surface area contributed by atoms with Gasteiger partial charge in [-0.15, -0.1) is 0 Å². The van der Waals surface area contributed by atoms with Gasteiger partial charge in [0, 0.05) is 19.5 Å². The molecule has 0 radical (unpaired) electrons. The van der Waals surface area contributed by atoms with E-state index in [1.165, 1.54) is 50.6 Å². The molecule has 1 unspecified atom stereocenters. The molecule has 1 atom stereocenters. The molecule has 0 saturated heterocycles. The van der Waals surface area contributed by atoms with Gasteiger partial charge < -0.3 is 10.2 Å². The number of aryl methyl sites for hydroxylation is 1. The van der Waals surface area contributed by atoms with Gasteiger partial charge in [0.15, 0.2) is 0 Å². The molecule has 1 fully saturated rings. The van der Waals surface area contributed by atoms with E-state index in [1.54, 1.807) is 0 Å². The van der Waals surface area contributed by atoms with Crippen LogP contribution in [0.3, 0.4) is 0 Å². The molecule has 1 aliphatic carbocycles. The number of hydrogen-bond acceptors (Lipinski definition) is 4. The number of fused-ring (bicyclic) bond motifs is 1. The van der Waals surface area contributed by atoms with E-state index in [9.17, 15) is 0 Å². The molecule has 1 aliphatic rings. The maximum Gasteiger partial charge on any atom is 0.139 e. The lowest BCUT2D eigenvalue weighted by molar-refractivity contribution is 0.260. The molecule has 0 amide bonds. The summed E-state index contributed by atoms with van der Waals surface area (Å²) in [4.78, 5) is 10.8. The van der Waals surface area contributed by atoms with Crippen LogP contribution in [0.2, 0.25) is 0 Å². The van der Waals surface area contributed by atoms with E-state index in [-0.39, 0.29) is 0 Å². The highest BCUT2D eigenvalue weighted by atomic mass is 15.1. The summed E-state index contributed by atoms with van der Waals surface area (Å²) in [5, 5.41) is 4.81. The third-order valence-electron chi connectivity index (χ3n) is 7.01. The minimum absolute atomic E-state index is 0.726. The summed E-state index contributed by atoms with van der Waals surface area (Å²) in [6.45, 7) is 9.00. The molecule has 3 aromatic rings. The van der Waals surface area contributed by atoms with Gasteiger partial charge in [0.05, 0.1) is 5.52 Å². The first-order valence-electron chi connectivity index (χ1n) is 13.1. The van der Waals surface area contributed by atoms with Crippen molar-refractivity contribution < 1.29 is 0 Å². The first-order chi connectivity index (χ1) is 16.5. The van der Waals surface area contributed by atoms with Gasteiger partial charge in [0.2, 0.25) is 0 Å². The average molecular weight is 461 g/mol. The topological polar surface area (TPSA) is 41.1 Å². The molecule has 1 saturated carbocycles. The predicted molar refractivity (Wildman–Crippen MR) is 147 cm³/mol. The highest BCUT2D eigenvalue weighted by Crippen LogP contribution is 2.30. The Morgan fingerprint density at radius 3 is 2.24 bits per heavy atom. The number of benzene rings is 2. The zero-order valence-corrected chi connectivity index (χ0v) is 21.9. The number of hydrogen-bond donors (Lipinski definition) is 1. The molecule has 0 spiro atoms. The highest BCUT2D eigenvalue weighted by molar-refractivity contribution is 5.89. The second-order valence-corrected chi connectivity index (χ2v) is 10.3. The van der Waals surface area contributed by atoms with Gasteiger partial charge in [-0.3, -0.25) is 0 Å². The number of anilines is 1. The van der Waals surface area contributed by atoms with Crippen molar-refractivity contribution in [3.63, 3.8) is 0 Å². The number of nitrogens with one attached hydrogen (secondary N) is 1. The molecule has 1 aromatic heterocycles. The Balaban J connectivity index is 0.000000202. The first-order valence-corrected chi connectivity index (χ1v) is 13.1. The molecule has 1 N–H and O–H groups in total. The lowest BCUT2D eigenvalue weighted by atomic mass is 9.81. The van der Waals surface area contributed by atoms with Gasteiger partial charge in [-0.05, 0) is 74.7 Å². The Morgan fingerprint density at radius 1 is 0.912 bits per heavy atom. The Labute approximate surface area is 207 Å². The SMILES string of the molecule is CCC1CCC(CNCC(C)Cc2ccccc2)CC1.Cc1nc(N(C)C)c2ccccc2n1. The summed E-state index contributed by atoms with van der Waals surface area (Å²) in [6.07, 6.45) is 8.38. The summed E-state index contributed by atoms with van der Waals surface area (Å²) in [7, 11) is 3.99. The molecular formula is C30H44N4. The predicted octanol–water partition coefficient (Wildman–Crippen LogP) is 6.68. The smallest absolute Gasteiger partial charge is 0.139 e. The lowest BCUT2D eigenvalue weighted by Gasteiger charge is -2.28. The van der Waals surface area contributed by atoms with Crippen molar-refractivity contribution in [3.8, 4) is 0 Å². The first kappa shape index (κ1) is 26.2. The summed E-state index contributed by atoms with van der Waals surface area (Å²) in [5.74, 6) is 4.47. The summed E-state index contributed by atoms with van der Waals surface area (Å²) >= 11 is 0. The van der Waals surface area contributed by atoms with Crippen LogP contribution >= 0.6 is 0 Å². The zero-order valence-electron chi connectivity index (χ0n) is 21.9. The van der Waals surface area contributed by atoms with E-state index >= 15 is 0 Å². The van der Waals surface area contributed by atoms with E-state index in [0.29, 0.717) is 0 Å². The van der Waals surface area contributed by atoms with Crippen molar-refractivity contribution in [3.05, 3.63) is 66.0 Å². The van der Waals surface area contributed by atoms with Crippen LogP contribution in [0.4, 0.5) is 5.82 Å². The minimum atomic E-state index is 0.726. The van der Waals surface area contributed by atoms with Crippen LogP contribution in [0.5, 0.6) is 0 Å². The monoisotopic (exact) mass is 460 g/mol. The number of para-hydroxylation sites is 1. The van der Waals surface area contributed by atoms with Gasteiger partial charge in [-0.2, -0.15) is 0 Å². The number of aromatic nitrogens is 2. The lowest BCUT2D eigenvalue weighted by Crippen LogP contribution is -2.30. The van der Waals surface area contributed by atoms with E-state index in [0.717, 1.165) is 46.8 Å². The molecule has 0 aliphatic heterocycles. The fourth-order valence-corrected chi connectivity index (χ4v) is 4.98. The highest BCUT2D eigenvalue weighted by Gasteiger charge is 2.19. The fourth-order valence-electron chi connectivity index (χ4n) is 4.98. The normalized spacial score (nSPS) is 18.7. The van der Waals surface area contributed by atoms with Gasteiger partial charge in [0.1, 0.15) is 11.6 Å². The van der Waals surface area contributed by atoms with Crippen LogP contribution in [-0.2, 0) is 6.42 Å². The van der Waals surface area contributed by atoms with Crippen LogP contribution in [0.1, 0.15) is 57.3 Å². The van der Waals surface area contributed by atoms with Crippen molar-refractivity contribution in [1.29, 1.82) is 0 Å². The molecule has 4 rings (SSSR count). The van der Waals surface area contributed by atoms with E-state index in [1.807, 2.05) is 50.2 Å². The van der Waals surface area contributed by atoms with Gasteiger partial charge in [-0.1, -0.05) is 75.6 Å². The second-order valence-electron chi connectivity index (χ2n) is 10.3. The van der Waals surface area contributed by atoms with Crippen molar-refractivity contribution >= 4 is 16.7 Å². The average Bonchev–Trinajstić information content (AvgIpc) is 2.85. The Hall–Kier alpha value is -2.46. The molecular weight excluding hydrogens is 416 g/mol. The Kier molecular flexibility index (Phi) is 10.3. The van der Waals surface area contributed by atoms with E-state index in [2.05, 4.69) is 59.5 Å². The van der Waals surface area contributed by atoms with Gasteiger partial charge in [0.25, 0.3) is 0 Å². The van der Waals surface area contributed by atoms with Crippen LogP contribution in [0, 0.1) is 24.7 Å². The quantitative estimate of drug-likeness (QED) is 0.407. The summed E-state index contributed by atoms with van der Waals surface area (Å²) in [6, 6.07) is 18.9. The summed E-state index contributed by atoms with van der Waals surface area (Å²) in [5.41, 5.74) is 2.47. The molecule has 34 heavy (non-hydrogen) atoms. The summed E-state index contributed by atoms with van der Waals surface area (Å²) < 4.78 is 0. The number of rotatable bonds is 8. The van der Waals surface area contributed by atoms with Crippen molar-refractivity contribution in [2.75, 3.05) is 32.1 Å².